The van der Waals surface area contributed by atoms with E-state index in [9.17, 15) is 10.1 Å². The summed E-state index contributed by atoms with van der Waals surface area (Å²) in [4.78, 5) is 9.22. The lowest BCUT2D eigenvalue weighted by Gasteiger charge is -1.83. The van der Waals surface area contributed by atoms with Gasteiger partial charge in [-0.1, -0.05) is 0 Å². The predicted molar refractivity (Wildman–Crippen MR) is 40.8 cm³/mol. The molecule has 0 N–H and O–H groups in total. The summed E-state index contributed by atoms with van der Waals surface area (Å²) in [6.45, 7) is 0. The SMILES string of the molecule is O=[N+]([O-])C(Br)=C(Br)Br. The Morgan fingerprint density at radius 2 is 1.75 bits per heavy atom. The number of nitro groups is 1. The highest BCUT2D eigenvalue weighted by molar-refractivity contribution is 9.29. The van der Waals surface area contributed by atoms with Crippen molar-refractivity contribution in [3.05, 3.63) is 18.1 Å². The maximum absolute atomic E-state index is 9.78. The Morgan fingerprint density at radius 3 is 1.75 bits per heavy atom. The third-order valence-corrected chi connectivity index (χ3v) is 2.82. The van der Waals surface area contributed by atoms with E-state index in [0.29, 0.717) is 3.39 Å². The van der Waals surface area contributed by atoms with Crippen molar-refractivity contribution < 1.29 is 4.92 Å². The van der Waals surface area contributed by atoms with Crippen LogP contribution in [0.3, 0.4) is 0 Å². The largest absolute Gasteiger partial charge is 0.331 e. The van der Waals surface area contributed by atoms with Crippen LogP contribution in [0.4, 0.5) is 0 Å². The molecule has 46 valence electrons. The van der Waals surface area contributed by atoms with Crippen LogP contribution < -0.4 is 0 Å². The first-order valence-corrected chi connectivity index (χ1v) is 3.78. The summed E-state index contributed by atoms with van der Waals surface area (Å²) in [6.07, 6.45) is 0. The Morgan fingerprint density at radius 1 is 1.38 bits per heavy atom. The Kier molecular flexibility index (Phi) is 3.84. The second kappa shape index (κ2) is 3.58. The number of nitrogens with zero attached hydrogens (tertiary/aromatic N) is 1. The van der Waals surface area contributed by atoms with Crippen molar-refractivity contribution in [2.75, 3.05) is 0 Å². The molecular formula is C2Br3NO2. The lowest BCUT2D eigenvalue weighted by atomic mass is 11.1. The molecule has 0 unspecified atom stereocenters. The van der Waals surface area contributed by atoms with Gasteiger partial charge >= 0.3 is 4.61 Å². The smallest absolute Gasteiger partial charge is 0.258 e. The molecule has 0 radical (unpaired) electrons. The summed E-state index contributed by atoms with van der Waals surface area (Å²) in [5, 5.41) is 9.78. The highest BCUT2D eigenvalue weighted by Crippen LogP contribution is 2.23. The van der Waals surface area contributed by atoms with Crippen LogP contribution >= 0.6 is 47.8 Å². The van der Waals surface area contributed by atoms with Gasteiger partial charge in [-0.05, 0) is 31.9 Å². The Hall–Kier alpha value is 0.580. The molecule has 0 atom stereocenters. The summed E-state index contributed by atoms with van der Waals surface area (Å²) in [6, 6.07) is 0. The van der Waals surface area contributed by atoms with Crippen LogP contribution in [0.5, 0.6) is 0 Å². The molecule has 0 saturated heterocycles. The van der Waals surface area contributed by atoms with E-state index in [2.05, 4.69) is 47.8 Å². The molecule has 0 aliphatic carbocycles. The van der Waals surface area contributed by atoms with E-state index in [1.54, 1.807) is 0 Å². The highest BCUT2D eigenvalue weighted by atomic mass is 79.9. The van der Waals surface area contributed by atoms with Gasteiger partial charge < -0.3 is 0 Å². The van der Waals surface area contributed by atoms with E-state index < -0.39 is 4.92 Å². The lowest BCUT2D eigenvalue weighted by molar-refractivity contribution is -0.408. The quantitative estimate of drug-likeness (QED) is 0.424. The van der Waals surface area contributed by atoms with Crippen molar-refractivity contribution >= 4 is 47.8 Å². The Labute approximate surface area is 70.7 Å². The third-order valence-electron chi connectivity index (χ3n) is 0.316. The lowest BCUT2D eigenvalue weighted by Crippen LogP contribution is -1.89. The van der Waals surface area contributed by atoms with Crippen LogP contribution in [0.1, 0.15) is 0 Å². The maximum Gasteiger partial charge on any atom is 0.331 e. The molecule has 0 heterocycles. The van der Waals surface area contributed by atoms with E-state index in [0.717, 1.165) is 0 Å². The Balaban J connectivity index is 4.23. The second-order valence-corrected chi connectivity index (χ2v) is 4.21. The van der Waals surface area contributed by atoms with Crippen LogP contribution in [0.2, 0.25) is 0 Å². The molecule has 6 heteroatoms. The fourth-order valence-corrected chi connectivity index (χ4v) is 0.359. The molecule has 0 rings (SSSR count). The van der Waals surface area contributed by atoms with Gasteiger partial charge in [0.1, 0.15) is 3.39 Å². The molecular weight excluding hydrogens is 310 g/mol. The van der Waals surface area contributed by atoms with Gasteiger partial charge in [-0.25, -0.2) is 0 Å². The van der Waals surface area contributed by atoms with Crippen LogP contribution in [0, 0.1) is 10.1 Å². The third kappa shape index (κ3) is 2.78. The summed E-state index contributed by atoms with van der Waals surface area (Å²) in [5.74, 6) is 0. The molecule has 0 amide bonds. The maximum atomic E-state index is 9.78. The average Bonchev–Trinajstić information content (AvgIpc) is 1.64. The molecule has 0 saturated carbocycles. The summed E-state index contributed by atoms with van der Waals surface area (Å²) < 4.78 is 0.188. The molecule has 0 bridgehead atoms. The minimum Gasteiger partial charge on any atom is -0.258 e. The molecule has 0 aliphatic rings. The van der Waals surface area contributed by atoms with Gasteiger partial charge in [0, 0.05) is 15.9 Å². The van der Waals surface area contributed by atoms with Gasteiger partial charge in [0.15, 0.2) is 0 Å². The van der Waals surface area contributed by atoms with Gasteiger partial charge in [-0.15, -0.1) is 0 Å². The first-order chi connectivity index (χ1) is 3.55. The van der Waals surface area contributed by atoms with Gasteiger partial charge in [-0.3, -0.25) is 10.1 Å². The molecule has 0 aromatic rings. The standard InChI is InChI=1S/C2Br3NO2/c3-1(4)2(5)6(7)8. The van der Waals surface area contributed by atoms with Crippen molar-refractivity contribution in [3.63, 3.8) is 0 Å². The van der Waals surface area contributed by atoms with Crippen LogP contribution in [0.25, 0.3) is 0 Å². The normalized spacial score (nSPS) is 8.38. The molecule has 0 aromatic carbocycles. The fourth-order valence-electron chi connectivity index (χ4n) is 0.0690. The van der Waals surface area contributed by atoms with Gasteiger partial charge in [-0.2, -0.15) is 0 Å². The number of hydrogen-bond acceptors (Lipinski definition) is 2. The number of halogens is 3. The first kappa shape index (κ1) is 8.58. The predicted octanol–water partition coefficient (Wildman–Crippen LogP) is 2.57. The van der Waals surface area contributed by atoms with Gasteiger partial charge in [0.05, 0.1) is 4.92 Å². The van der Waals surface area contributed by atoms with Crippen molar-refractivity contribution in [1.82, 2.24) is 0 Å². The van der Waals surface area contributed by atoms with E-state index in [-0.39, 0.29) is 4.61 Å². The van der Waals surface area contributed by atoms with Crippen molar-refractivity contribution in [2.45, 2.75) is 0 Å². The zero-order chi connectivity index (χ0) is 6.73. The fraction of sp³-hybridized carbons (Fsp3) is 0. The first-order valence-electron chi connectivity index (χ1n) is 1.41. The number of hydrogen-bond donors (Lipinski definition) is 0. The van der Waals surface area contributed by atoms with E-state index in [4.69, 9.17) is 0 Å². The van der Waals surface area contributed by atoms with Crippen LogP contribution in [-0.2, 0) is 0 Å². The number of rotatable bonds is 1. The average molecular weight is 310 g/mol. The minimum atomic E-state index is -0.557. The zero-order valence-corrected chi connectivity index (χ0v) is 8.16. The monoisotopic (exact) mass is 307 g/mol. The minimum absolute atomic E-state index is 0.113. The summed E-state index contributed by atoms with van der Waals surface area (Å²) >= 11 is 8.39. The van der Waals surface area contributed by atoms with Gasteiger partial charge in [0.2, 0.25) is 0 Å². The highest BCUT2D eigenvalue weighted by Gasteiger charge is 2.08. The van der Waals surface area contributed by atoms with Crippen molar-refractivity contribution in [2.24, 2.45) is 0 Å². The molecule has 8 heavy (non-hydrogen) atoms. The zero-order valence-electron chi connectivity index (χ0n) is 3.40. The van der Waals surface area contributed by atoms with E-state index in [1.807, 2.05) is 0 Å². The van der Waals surface area contributed by atoms with Crippen molar-refractivity contribution in [3.8, 4) is 0 Å². The summed E-state index contributed by atoms with van der Waals surface area (Å²) in [5.41, 5.74) is 0. The molecule has 0 fully saturated rings. The second-order valence-electron chi connectivity index (χ2n) is 0.808. The van der Waals surface area contributed by atoms with E-state index in [1.165, 1.54) is 0 Å². The summed E-state index contributed by atoms with van der Waals surface area (Å²) in [7, 11) is 0. The molecule has 0 aromatic heterocycles. The van der Waals surface area contributed by atoms with Gasteiger partial charge in [0.25, 0.3) is 0 Å². The van der Waals surface area contributed by atoms with Crippen molar-refractivity contribution in [1.29, 1.82) is 0 Å². The van der Waals surface area contributed by atoms with E-state index >= 15 is 0 Å². The van der Waals surface area contributed by atoms with Crippen LogP contribution in [-0.4, -0.2) is 4.92 Å². The topological polar surface area (TPSA) is 43.1 Å². The molecule has 0 spiro atoms. The molecule has 3 nitrogen and oxygen atoms in total. The molecule has 0 aliphatic heterocycles. The van der Waals surface area contributed by atoms with Crippen LogP contribution in [0.15, 0.2) is 8.00 Å². The Bertz CT molecular complexity index is 138.